The van der Waals surface area contributed by atoms with Crippen molar-refractivity contribution in [2.45, 2.75) is 102 Å². The van der Waals surface area contributed by atoms with Crippen LogP contribution >= 0.6 is 0 Å². The molecule has 1 fully saturated rings. The summed E-state index contributed by atoms with van der Waals surface area (Å²) in [6, 6.07) is 27.7. The van der Waals surface area contributed by atoms with Gasteiger partial charge in [-0.2, -0.15) is 0 Å². The second-order valence-electron chi connectivity index (χ2n) is 13.4. The van der Waals surface area contributed by atoms with Gasteiger partial charge in [0.15, 0.2) is 0 Å². The number of ether oxygens (including phenoxy) is 1. The monoisotopic (exact) mass is 643 g/mol. The molecule has 1 saturated heterocycles. The molecule has 0 saturated carbocycles. The van der Waals surface area contributed by atoms with E-state index < -0.39 is 17.1 Å². The summed E-state index contributed by atoms with van der Waals surface area (Å²) >= 11 is 0. The first-order valence-electron chi connectivity index (χ1n) is 18.0. The number of piperidine rings is 1. The summed E-state index contributed by atoms with van der Waals surface area (Å²) in [5, 5.41) is 33.8. The third-order valence-corrected chi connectivity index (χ3v) is 10.3. The number of rotatable bonds is 19. The van der Waals surface area contributed by atoms with E-state index in [1.807, 2.05) is 84.9 Å². The van der Waals surface area contributed by atoms with Crippen molar-refractivity contribution in [3.8, 4) is 0 Å². The van der Waals surface area contributed by atoms with Gasteiger partial charge in [0, 0.05) is 0 Å². The number of hydrogen-bond acceptors (Lipinski definition) is 6. The van der Waals surface area contributed by atoms with Gasteiger partial charge in [-0.25, -0.2) is 0 Å². The maximum absolute atomic E-state index is 13.3. The molecule has 47 heavy (non-hydrogen) atoms. The van der Waals surface area contributed by atoms with Crippen molar-refractivity contribution in [3.63, 3.8) is 0 Å². The highest BCUT2D eigenvalue weighted by atomic mass is 16.5. The zero-order chi connectivity index (χ0) is 33.5. The second kappa shape index (κ2) is 18.5. The minimum atomic E-state index is -1.08. The fourth-order valence-electron chi connectivity index (χ4n) is 7.20. The minimum Gasteiger partial charge on any atom is -0.465 e. The van der Waals surface area contributed by atoms with Gasteiger partial charge in [-0.3, -0.25) is 4.79 Å². The van der Waals surface area contributed by atoms with Crippen LogP contribution in [-0.4, -0.2) is 59.0 Å². The smallest absolute Gasteiger partial charge is 0.318 e. The van der Waals surface area contributed by atoms with Gasteiger partial charge in [0.2, 0.25) is 0 Å². The molecule has 2 unspecified atom stereocenters. The highest BCUT2D eigenvalue weighted by molar-refractivity contribution is 5.83. The average Bonchev–Trinajstić information content (AvgIpc) is 3.12. The minimum absolute atomic E-state index is 0.120. The van der Waals surface area contributed by atoms with Crippen LogP contribution in [0.4, 0.5) is 0 Å². The third-order valence-electron chi connectivity index (χ3n) is 10.3. The van der Waals surface area contributed by atoms with E-state index in [1.165, 1.54) is 0 Å². The van der Waals surface area contributed by atoms with E-state index in [4.69, 9.17) is 4.74 Å². The van der Waals surface area contributed by atoms with E-state index in [2.05, 4.69) is 18.7 Å². The van der Waals surface area contributed by atoms with Gasteiger partial charge >= 0.3 is 5.97 Å². The largest absolute Gasteiger partial charge is 0.465 e. The van der Waals surface area contributed by atoms with Crippen molar-refractivity contribution < 1.29 is 24.9 Å². The van der Waals surface area contributed by atoms with Gasteiger partial charge < -0.3 is 25.0 Å². The van der Waals surface area contributed by atoms with Crippen molar-refractivity contribution >= 4 is 5.97 Å². The molecule has 4 rings (SSSR count). The van der Waals surface area contributed by atoms with Gasteiger partial charge in [0.05, 0.1) is 19.3 Å². The maximum atomic E-state index is 13.3. The van der Waals surface area contributed by atoms with Crippen molar-refractivity contribution in [1.29, 1.82) is 0 Å². The number of likely N-dealkylation sites (tertiary alicyclic amines) is 1. The van der Waals surface area contributed by atoms with Crippen LogP contribution < -0.4 is 0 Å². The summed E-state index contributed by atoms with van der Waals surface area (Å²) in [7, 11) is 0. The Morgan fingerprint density at radius 3 is 1.96 bits per heavy atom. The molecule has 0 aromatic heterocycles. The van der Waals surface area contributed by atoms with Gasteiger partial charge in [0.1, 0.15) is 11.0 Å². The van der Waals surface area contributed by atoms with E-state index in [0.717, 1.165) is 99.7 Å². The Bertz CT molecular complexity index is 1270. The standard InChI is InChI=1S/C41H57NO5/c1-3-5-7-14-27-40(32-43,39(45)47-31-6-4-2)34-23-21-33(22-24-34)38(44)20-15-28-42-29-25-37(26-30-42)41(46,35-16-10-8-11-17-35)36-18-12-9-13-19-36/h8-13,16-19,21-24,37-38,43-44,46H,3-7,14-15,20,25-32H2,1-2H3. The lowest BCUT2D eigenvalue weighted by Gasteiger charge is -2.42. The Hall–Kier alpha value is -3.03. The molecule has 0 bridgehead atoms. The first-order chi connectivity index (χ1) is 22.9. The number of aliphatic hydroxyl groups excluding tert-OH is 2. The zero-order valence-electron chi connectivity index (χ0n) is 28.7. The van der Waals surface area contributed by atoms with Crippen LogP contribution in [0.2, 0.25) is 0 Å². The average molecular weight is 644 g/mol. The Labute approximate surface area is 282 Å². The number of nitrogens with zero attached hydrogens (tertiary/aromatic N) is 1. The van der Waals surface area contributed by atoms with Gasteiger partial charge in [-0.05, 0) is 86.3 Å². The number of hydrogen-bond donors (Lipinski definition) is 3. The van der Waals surface area contributed by atoms with Crippen molar-refractivity contribution in [2.24, 2.45) is 5.92 Å². The Morgan fingerprint density at radius 2 is 1.40 bits per heavy atom. The number of benzene rings is 3. The van der Waals surface area contributed by atoms with Crippen molar-refractivity contribution in [3.05, 3.63) is 107 Å². The summed E-state index contributed by atoms with van der Waals surface area (Å²) < 4.78 is 5.64. The molecule has 1 aliphatic heterocycles. The highest BCUT2D eigenvalue weighted by Crippen LogP contribution is 2.42. The molecule has 0 radical (unpaired) electrons. The highest BCUT2D eigenvalue weighted by Gasteiger charge is 2.42. The van der Waals surface area contributed by atoms with E-state index in [9.17, 15) is 20.1 Å². The lowest BCUT2D eigenvalue weighted by Crippen LogP contribution is -2.44. The van der Waals surface area contributed by atoms with E-state index in [-0.39, 0.29) is 18.5 Å². The third kappa shape index (κ3) is 9.32. The number of aliphatic hydroxyl groups is 3. The molecule has 1 heterocycles. The Balaban J connectivity index is 1.32. The molecule has 1 aliphatic rings. The molecule has 0 spiro atoms. The molecule has 0 aliphatic carbocycles. The van der Waals surface area contributed by atoms with Gasteiger partial charge in [0.25, 0.3) is 0 Å². The normalized spacial score (nSPS) is 16.4. The zero-order valence-corrected chi connectivity index (χ0v) is 28.7. The number of unbranched alkanes of at least 4 members (excludes halogenated alkanes) is 4. The summed E-state index contributed by atoms with van der Waals surface area (Å²) in [6.07, 6.45) is 9.02. The molecule has 256 valence electrons. The maximum Gasteiger partial charge on any atom is 0.318 e. The quantitative estimate of drug-likeness (QED) is 0.0917. The fraction of sp³-hybridized carbons (Fsp3) is 0.537. The molecular formula is C41H57NO5. The second-order valence-corrected chi connectivity index (χ2v) is 13.4. The summed E-state index contributed by atoms with van der Waals surface area (Å²) in [6.45, 7) is 7.00. The lowest BCUT2D eigenvalue weighted by atomic mass is 9.72. The Morgan fingerprint density at radius 1 is 0.809 bits per heavy atom. The molecule has 3 aromatic carbocycles. The SMILES string of the molecule is CCCCCCC(CO)(C(=O)OCCCC)c1ccc(C(O)CCCN2CCC(C(O)(c3ccccc3)c3ccccc3)CC2)cc1. The molecule has 3 N–H and O–H groups in total. The topological polar surface area (TPSA) is 90.2 Å². The predicted molar refractivity (Wildman–Crippen MR) is 189 cm³/mol. The summed E-state index contributed by atoms with van der Waals surface area (Å²) in [4.78, 5) is 15.8. The summed E-state index contributed by atoms with van der Waals surface area (Å²) in [5.41, 5.74) is 1.36. The molecule has 2 atom stereocenters. The van der Waals surface area contributed by atoms with E-state index in [0.29, 0.717) is 19.4 Å². The fourth-order valence-corrected chi connectivity index (χ4v) is 7.20. The van der Waals surface area contributed by atoms with Crippen LogP contribution in [0.25, 0.3) is 0 Å². The lowest BCUT2D eigenvalue weighted by molar-refractivity contribution is -0.153. The molecule has 3 aromatic rings. The van der Waals surface area contributed by atoms with Crippen LogP contribution in [0, 0.1) is 5.92 Å². The molecule has 0 amide bonds. The summed E-state index contributed by atoms with van der Waals surface area (Å²) in [5.74, 6) is -0.234. The van der Waals surface area contributed by atoms with Crippen LogP contribution in [-0.2, 0) is 20.5 Å². The van der Waals surface area contributed by atoms with Crippen LogP contribution in [0.15, 0.2) is 84.9 Å². The molecular weight excluding hydrogens is 586 g/mol. The van der Waals surface area contributed by atoms with E-state index >= 15 is 0 Å². The molecule has 6 nitrogen and oxygen atoms in total. The van der Waals surface area contributed by atoms with Gasteiger partial charge in [-0.1, -0.05) is 131 Å². The number of carbonyl (C=O) groups is 1. The Kier molecular flexibility index (Phi) is 14.5. The predicted octanol–water partition coefficient (Wildman–Crippen LogP) is 7.69. The van der Waals surface area contributed by atoms with Crippen LogP contribution in [0.3, 0.4) is 0 Å². The van der Waals surface area contributed by atoms with E-state index in [1.54, 1.807) is 0 Å². The number of carbonyl (C=O) groups excluding carboxylic acids is 1. The first kappa shape index (κ1) is 36.8. The van der Waals surface area contributed by atoms with Gasteiger partial charge in [-0.15, -0.1) is 0 Å². The van der Waals surface area contributed by atoms with Crippen molar-refractivity contribution in [2.75, 3.05) is 32.8 Å². The molecule has 6 heteroatoms. The number of esters is 1. The van der Waals surface area contributed by atoms with Crippen LogP contribution in [0.5, 0.6) is 0 Å². The van der Waals surface area contributed by atoms with Crippen LogP contribution in [0.1, 0.15) is 113 Å². The first-order valence-corrected chi connectivity index (χ1v) is 18.0. The van der Waals surface area contributed by atoms with Crippen molar-refractivity contribution in [1.82, 2.24) is 4.90 Å².